The Bertz CT molecular complexity index is 1570. The highest BCUT2D eigenvalue weighted by atomic mass is 19.1. The Morgan fingerprint density at radius 2 is 1.65 bits per heavy atom. The molecule has 2 aromatic heterocycles. The van der Waals surface area contributed by atoms with Gasteiger partial charge in [-0.15, -0.1) is 0 Å². The molecule has 0 aliphatic carbocycles. The molecule has 0 aliphatic heterocycles. The fraction of sp³-hybridized carbons (Fsp3) is 0. The molecule has 1 amide bonds. The Morgan fingerprint density at radius 3 is 2.32 bits per heavy atom. The lowest BCUT2D eigenvalue weighted by atomic mass is 10.1. The molecule has 0 atom stereocenters. The van der Waals surface area contributed by atoms with Crippen LogP contribution in [0.4, 0.5) is 10.1 Å². The molecule has 2 N–H and O–H groups in total. The average Bonchev–Trinajstić information content (AvgIpc) is 3.30. The molecule has 0 unspecified atom stereocenters. The number of nitrogens with two attached hydrogens (primary N) is 1. The first-order chi connectivity index (χ1) is 16.5. The topological polar surface area (TPSA) is 74.5 Å². The summed E-state index contributed by atoms with van der Waals surface area (Å²) in [5.41, 5.74) is 8.61. The summed E-state index contributed by atoms with van der Waals surface area (Å²) in [7, 11) is 0. The van der Waals surface area contributed by atoms with Gasteiger partial charge in [-0.3, -0.25) is 4.79 Å². The molecule has 0 aliphatic rings. The largest absolute Gasteiger partial charge is 0.457 e. The Kier molecular flexibility index (Phi) is 5.24. The van der Waals surface area contributed by atoms with Crippen LogP contribution in [-0.4, -0.2) is 15.5 Å². The van der Waals surface area contributed by atoms with Gasteiger partial charge in [0, 0.05) is 17.1 Å². The van der Waals surface area contributed by atoms with Crippen molar-refractivity contribution in [2.75, 3.05) is 0 Å². The van der Waals surface area contributed by atoms with Crippen molar-refractivity contribution >= 4 is 22.5 Å². The van der Waals surface area contributed by atoms with Gasteiger partial charge in [0.1, 0.15) is 28.8 Å². The van der Waals surface area contributed by atoms with Crippen LogP contribution in [0.2, 0.25) is 0 Å². The molecular weight excluding hydrogens is 431 g/mol. The Balaban J connectivity index is 1.53. The van der Waals surface area contributed by atoms with Crippen molar-refractivity contribution in [2.24, 2.45) is 5.73 Å². The van der Waals surface area contributed by atoms with Crippen molar-refractivity contribution in [3.05, 3.63) is 114 Å². The van der Waals surface area contributed by atoms with Crippen molar-refractivity contribution in [3.8, 4) is 28.4 Å². The standard InChI is InChI=1S/C27H17FN4O2/c1-30-23-3-2-4-25-22(23)13-14-32(25)26-16-18(15-24(31-26)27(29)33)17-5-9-20(10-6-17)34-21-11-7-19(28)8-12-21/h2-16H,(H2,29,33). The lowest BCUT2D eigenvalue weighted by molar-refractivity contribution is 0.0995. The molecule has 0 fully saturated rings. The predicted octanol–water partition coefficient (Wildman–Crippen LogP) is 6.27. The van der Waals surface area contributed by atoms with E-state index in [2.05, 4.69) is 9.83 Å². The first kappa shape index (κ1) is 20.9. The van der Waals surface area contributed by atoms with E-state index < -0.39 is 5.91 Å². The van der Waals surface area contributed by atoms with Crippen LogP contribution < -0.4 is 10.5 Å². The van der Waals surface area contributed by atoms with E-state index in [0.717, 1.165) is 22.0 Å². The third-order valence-corrected chi connectivity index (χ3v) is 5.38. The highest BCUT2D eigenvalue weighted by molar-refractivity contribution is 5.95. The van der Waals surface area contributed by atoms with E-state index in [4.69, 9.17) is 17.0 Å². The number of aromatic nitrogens is 2. The zero-order valence-corrected chi connectivity index (χ0v) is 17.8. The van der Waals surface area contributed by atoms with Crippen LogP contribution in [-0.2, 0) is 0 Å². The van der Waals surface area contributed by atoms with Crippen molar-refractivity contribution in [2.45, 2.75) is 0 Å². The average molecular weight is 448 g/mol. The van der Waals surface area contributed by atoms with E-state index in [9.17, 15) is 9.18 Å². The van der Waals surface area contributed by atoms with E-state index >= 15 is 0 Å². The third kappa shape index (κ3) is 3.96. The van der Waals surface area contributed by atoms with Crippen molar-refractivity contribution in [3.63, 3.8) is 0 Å². The first-order valence-electron chi connectivity index (χ1n) is 10.4. The molecule has 0 spiro atoms. The van der Waals surface area contributed by atoms with Gasteiger partial charge < -0.3 is 15.0 Å². The minimum atomic E-state index is -0.641. The Labute approximate surface area is 194 Å². The summed E-state index contributed by atoms with van der Waals surface area (Å²) in [4.78, 5) is 20.0. The number of pyridine rings is 1. The Morgan fingerprint density at radius 1 is 0.941 bits per heavy atom. The second kappa shape index (κ2) is 8.52. The number of amides is 1. The van der Waals surface area contributed by atoms with Gasteiger partial charge in [0.15, 0.2) is 5.69 Å². The maximum absolute atomic E-state index is 13.1. The smallest absolute Gasteiger partial charge is 0.267 e. The molecule has 164 valence electrons. The summed E-state index contributed by atoms with van der Waals surface area (Å²) in [6.07, 6.45) is 1.82. The van der Waals surface area contributed by atoms with E-state index in [1.165, 1.54) is 12.1 Å². The van der Waals surface area contributed by atoms with Gasteiger partial charge >= 0.3 is 0 Å². The zero-order chi connectivity index (χ0) is 23.7. The van der Waals surface area contributed by atoms with Crippen LogP contribution in [0.3, 0.4) is 0 Å². The normalized spacial score (nSPS) is 10.7. The SMILES string of the molecule is [C-]#[N+]c1cccc2c1ccn2-c1cc(-c2ccc(Oc3ccc(F)cc3)cc2)cc(C(N)=O)n1. The molecule has 2 heterocycles. The number of ether oxygens (including phenoxy) is 1. The fourth-order valence-electron chi connectivity index (χ4n) is 3.74. The number of fused-ring (bicyclic) bond motifs is 1. The summed E-state index contributed by atoms with van der Waals surface area (Å²) in [6.45, 7) is 7.39. The van der Waals surface area contributed by atoms with Crippen LogP contribution in [0.25, 0.3) is 32.7 Å². The minimum absolute atomic E-state index is 0.127. The molecule has 3 aromatic carbocycles. The minimum Gasteiger partial charge on any atom is -0.457 e. The number of rotatable bonds is 5. The lowest BCUT2D eigenvalue weighted by Crippen LogP contribution is -2.14. The number of primary amides is 1. The highest BCUT2D eigenvalue weighted by Gasteiger charge is 2.13. The number of hydrogen-bond acceptors (Lipinski definition) is 3. The van der Waals surface area contributed by atoms with Gasteiger partial charge in [-0.05, 0) is 71.8 Å². The van der Waals surface area contributed by atoms with E-state index in [0.29, 0.717) is 23.0 Å². The first-order valence-corrected chi connectivity index (χ1v) is 10.4. The number of halogens is 1. The number of hydrogen-bond donors (Lipinski definition) is 1. The highest BCUT2D eigenvalue weighted by Crippen LogP contribution is 2.31. The second-order valence-corrected chi connectivity index (χ2v) is 7.55. The fourth-order valence-corrected chi connectivity index (χ4v) is 3.74. The van der Waals surface area contributed by atoms with Crippen LogP contribution in [0.5, 0.6) is 11.5 Å². The molecule has 0 saturated carbocycles. The van der Waals surface area contributed by atoms with Crippen molar-refractivity contribution in [1.29, 1.82) is 0 Å². The molecular formula is C27H17FN4O2. The third-order valence-electron chi connectivity index (χ3n) is 5.38. The molecule has 0 saturated heterocycles. The monoisotopic (exact) mass is 448 g/mol. The van der Waals surface area contributed by atoms with Crippen molar-refractivity contribution in [1.82, 2.24) is 9.55 Å². The van der Waals surface area contributed by atoms with E-state index in [-0.39, 0.29) is 11.5 Å². The van der Waals surface area contributed by atoms with Crippen LogP contribution in [0, 0.1) is 12.4 Å². The van der Waals surface area contributed by atoms with Gasteiger partial charge in [0.25, 0.3) is 5.91 Å². The quantitative estimate of drug-likeness (QED) is 0.322. The molecule has 34 heavy (non-hydrogen) atoms. The van der Waals surface area contributed by atoms with Gasteiger partial charge in [-0.25, -0.2) is 14.2 Å². The second-order valence-electron chi connectivity index (χ2n) is 7.55. The molecule has 6 nitrogen and oxygen atoms in total. The van der Waals surface area contributed by atoms with Gasteiger partial charge in [0.2, 0.25) is 0 Å². The summed E-state index contributed by atoms with van der Waals surface area (Å²) < 4.78 is 20.7. The molecule has 0 bridgehead atoms. The number of benzene rings is 3. The van der Waals surface area contributed by atoms with Crippen LogP contribution in [0.1, 0.15) is 10.5 Å². The molecule has 5 rings (SSSR count). The van der Waals surface area contributed by atoms with Gasteiger partial charge in [-0.2, -0.15) is 0 Å². The number of carbonyl (C=O) groups excluding carboxylic acids is 1. The van der Waals surface area contributed by atoms with Crippen molar-refractivity contribution < 1.29 is 13.9 Å². The summed E-state index contributed by atoms with van der Waals surface area (Å²) in [6, 6.07) is 23.9. The van der Waals surface area contributed by atoms with Gasteiger partial charge in [0.05, 0.1) is 6.57 Å². The lowest BCUT2D eigenvalue weighted by Gasteiger charge is -2.11. The summed E-state index contributed by atoms with van der Waals surface area (Å²) in [5, 5.41) is 0.799. The maximum Gasteiger partial charge on any atom is 0.267 e. The van der Waals surface area contributed by atoms with Crippen LogP contribution in [0.15, 0.2) is 91.1 Å². The molecule has 5 aromatic rings. The maximum atomic E-state index is 13.1. The zero-order valence-electron chi connectivity index (χ0n) is 17.8. The summed E-state index contributed by atoms with van der Waals surface area (Å²) in [5.74, 6) is 0.646. The molecule has 7 heteroatoms. The predicted molar refractivity (Wildman–Crippen MR) is 128 cm³/mol. The summed E-state index contributed by atoms with van der Waals surface area (Å²) >= 11 is 0. The van der Waals surface area contributed by atoms with E-state index in [1.54, 1.807) is 36.4 Å². The van der Waals surface area contributed by atoms with Gasteiger partial charge in [-0.1, -0.05) is 24.3 Å². The Hall–Kier alpha value is -4.96. The van der Waals surface area contributed by atoms with E-state index in [1.807, 2.05) is 47.2 Å². The number of carbonyl (C=O) groups is 1. The number of nitrogens with zero attached hydrogens (tertiary/aromatic N) is 3. The van der Waals surface area contributed by atoms with Crippen LogP contribution >= 0.6 is 0 Å². The molecule has 0 radical (unpaired) electrons.